The van der Waals surface area contributed by atoms with E-state index in [1.807, 2.05) is 36.5 Å². The van der Waals surface area contributed by atoms with Crippen molar-refractivity contribution < 1.29 is 19.4 Å². The second-order valence-corrected chi connectivity index (χ2v) is 6.38. The summed E-state index contributed by atoms with van der Waals surface area (Å²) in [7, 11) is 1.48. The Kier molecular flexibility index (Phi) is 4.85. The molecular formula is C18H21N3O4. The molecule has 1 amide bonds. The molecule has 1 aromatic carbocycles. The predicted octanol–water partition coefficient (Wildman–Crippen LogP) is 1.36. The molecule has 3 rings (SSSR count). The van der Waals surface area contributed by atoms with E-state index in [1.54, 1.807) is 15.8 Å². The molecule has 1 aliphatic rings. The number of carboxylic acids is 1. The lowest BCUT2D eigenvalue weighted by Gasteiger charge is -2.23. The summed E-state index contributed by atoms with van der Waals surface area (Å²) >= 11 is 0. The van der Waals surface area contributed by atoms with Crippen LogP contribution in [0.4, 0.5) is 0 Å². The van der Waals surface area contributed by atoms with Crippen LogP contribution in [-0.4, -0.2) is 58.5 Å². The number of carbonyl (C=O) groups excluding carboxylic acids is 1. The normalized spacial score (nSPS) is 20.0. The first-order valence-electron chi connectivity index (χ1n) is 8.13. The Balaban J connectivity index is 1.64. The van der Waals surface area contributed by atoms with E-state index < -0.39 is 11.4 Å². The minimum Gasteiger partial charge on any atom is -0.481 e. The van der Waals surface area contributed by atoms with Gasteiger partial charge in [-0.05, 0) is 30.2 Å². The smallest absolute Gasteiger partial charge is 0.313 e. The van der Waals surface area contributed by atoms with Gasteiger partial charge in [-0.15, -0.1) is 0 Å². The third-order valence-electron chi connectivity index (χ3n) is 4.64. The summed E-state index contributed by atoms with van der Waals surface area (Å²) in [4.78, 5) is 25.7. The average Bonchev–Trinajstić information content (AvgIpc) is 3.26. The van der Waals surface area contributed by atoms with Gasteiger partial charge in [-0.25, -0.2) is 4.68 Å². The molecule has 0 aliphatic carbocycles. The maximum Gasteiger partial charge on any atom is 0.313 e. The summed E-state index contributed by atoms with van der Waals surface area (Å²) in [5.41, 5.74) is 0.821. The zero-order valence-electron chi connectivity index (χ0n) is 14.1. The largest absolute Gasteiger partial charge is 0.481 e. The molecule has 1 fully saturated rings. The number of methoxy groups -OCH3 is 1. The van der Waals surface area contributed by atoms with E-state index >= 15 is 0 Å². The van der Waals surface area contributed by atoms with Crippen LogP contribution in [0.15, 0.2) is 42.7 Å². The Morgan fingerprint density at radius 1 is 1.32 bits per heavy atom. The van der Waals surface area contributed by atoms with Crippen molar-refractivity contribution in [3.05, 3.63) is 48.3 Å². The van der Waals surface area contributed by atoms with Crippen LogP contribution in [0.5, 0.6) is 0 Å². The Hall–Kier alpha value is -2.67. The summed E-state index contributed by atoms with van der Waals surface area (Å²) in [6.07, 6.45) is 4.23. The van der Waals surface area contributed by atoms with Gasteiger partial charge in [0.15, 0.2) is 0 Å². The van der Waals surface area contributed by atoms with Gasteiger partial charge in [0.1, 0.15) is 5.41 Å². The number of carbonyl (C=O) groups is 2. The first kappa shape index (κ1) is 17.2. The fourth-order valence-corrected chi connectivity index (χ4v) is 3.19. The Bertz CT molecular complexity index is 742. The minimum atomic E-state index is -0.992. The number of aromatic nitrogens is 2. The van der Waals surface area contributed by atoms with Crippen LogP contribution in [0, 0.1) is 5.41 Å². The van der Waals surface area contributed by atoms with Gasteiger partial charge in [0.2, 0.25) is 5.91 Å². The Morgan fingerprint density at radius 3 is 2.68 bits per heavy atom. The van der Waals surface area contributed by atoms with Gasteiger partial charge < -0.3 is 14.7 Å². The fraction of sp³-hybridized carbons (Fsp3) is 0.389. The number of nitrogens with zero attached hydrogens (tertiary/aromatic N) is 3. The lowest BCUT2D eigenvalue weighted by atomic mass is 9.88. The number of hydrogen-bond acceptors (Lipinski definition) is 4. The monoisotopic (exact) mass is 343 g/mol. The number of aliphatic carboxylic acids is 1. The predicted molar refractivity (Wildman–Crippen MR) is 90.4 cm³/mol. The summed E-state index contributed by atoms with van der Waals surface area (Å²) in [6, 6.07) is 9.45. The number of hydrogen-bond donors (Lipinski definition) is 1. The van der Waals surface area contributed by atoms with E-state index in [4.69, 9.17) is 4.74 Å². The Labute approximate surface area is 145 Å². The molecule has 2 aromatic rings. The van der Waals surface area contributed by atoms with Crippen LogP contribution in [0.2, 0.25) is 0 Å². The molecule has 7 nitrogen and oxygen atoms in total. The molecule has 1 aromatic heterocycles. The maximum absolute atomic E-state index is 12.5. The standard InChI is InChI=1S/C18H21N3O4/c1-25-13-18(17(23)24)7-10-20(12-18)16(22)11-14-3-5-15(6-4-14)21-9-2-8-19-21/h2-6,8-9H,7,10-13H2,1H3,(H,23,24). The highest BCUT2D eigenvalue weighted by molar-refractivity contribution is 5.82. The van der Waals surface area contributed by atoms with Gasteiger partial charge in [-0.3, -0.25) is 9.59 Å². The van der Waals surface area contributed by atoms with E-state index in [2.05, 4.69) is 5.10 Å². The van der Waals surface area contributed by atoms with Crippen LogP contribution in [0.25, 0.3) is 5.69 Å². The second-order valence-electron chi connectivity index (χ2n) is 6.38. The summed E-state index contributed by atoms with van der Waals surface area (Å²) in [6.45, 7) is 0.755. The molecule has 0 radical (unpaired) electrons. The number of ether oxygens (including phenoxy) is 1. The molecule has 132 valence electrons. The second kappa shape index (κ2) is 7.06. The summed E-state index contributed by atoms with van der Waals surface area (Å²) in [5.74, 6) is -0.973. The van der Waals surface area contributed by atoms with E-state index in [-0.39, 0.29) is 25.5 Å². The van der Waals surface area contributed by atoms with Gasteiger partial charge in [-0.1, -0.05) is 12.1 Å². The number of rotatable bonds is 6. The van der Waals surface area contributed by atoms with Crippen molar-refractivity contribution in [2.24, 2.45) is 5.41 Å². The molecule has 0 saturated carbocycles. The molecule has 2 heterocycles. The highest BCUT2D eigenvalue weighted by Crippen LogP contribution is 2.31. The molecule has 1 N–H and O–H groups in total. The fourth-order valence-electron chi connectivity index (χ4n) is 3.19. The molecule has 1 atom stereocenters. The number of carboxylic acid groups (broad SMARTS) is 1. The molecule has 25 heavy (non-hydrogen) atoms. The van der Waals surface area contributed by atoms with Gasteiger partial charge >= 0.3 is 5.97 Å². The number of amides is 1. The van der Waals surface area contributed by atoms with Crippen molar-refractivity contribution in [2.45, 2.75) is 12.8 Å². The van der Waals surface area contributed by atoms with Gasteiger partial charge in [0, 0.05) is 32.6 Å². The highest BCUT2D eigenvalue weighted by Gasteiger charge is 2.46. The molecule has 7 heteroatoms. The van der Waals surface area contributed by atoms with E-state index in [0.29, 0.717) is 13.0 Å². The molecule has 1 aliphatic heterocycles. The van der Waals surface area contributed by atoms with Crippen LogP contribution < -0.4 is 0 Å². The average molecular weight is 343 g/mol. The van der Waals surface area contributed by atoms with Crippen molar-refractivity contribution >= 4 is 11.9 Å². The van der Waals surface area contributed by atoms with Crippen molar-refractivity contribution in [3.63, 3.8) is 0 Å². The maximum atomic E-state index is 12.5. The van der Waals surface area contributed by atoms with Gasteiger partial charge in [0.25, 0.3) is 0 Å². The topological polar surface area (TPSA) is 84.7 Å². The molecule has 1 unspecified atom stereocenters. The van der Waals surface area contributed by atoms with E-state index in [1.165, 1.54) is 7.11 Å². The third-order valence-corrected chi connectivity index (χ3v) is 4.64. The van der Waals surface area contributed by atoms with Crippen molar-refractivity contribution in [3.8, 4) is 5.69 Å². The van der Waals surface area contributed by atoms with Crippen molar-refractivity contribution in [2.75, 3.05) is 26.8 Å². The van der Waals surface area contributed by atoms with Crippen LogP contribution in [-0.2, 0) is 20.7 Å². The quantitative estimate of drug-likeness (QED) is 0.856. The lowest BCUT2D eigenvalue weighted by Crippen LogP contribution is -2.40. The Morgan fingerprint density at radius 2 is 2.08 bits per heavy atom. The minimum absolute atomic E-state index is 0.0638. The van der Waals surface area contributed by atoms with Crippen LogP contribution >= 0.6 is 0 Å². The first-order chi connectivity index (χ1) is 12.0. The summed E-state index contributed by atoms with van der Waals surface area (Å²) < 4.78 is 6.81. The zero-order valence-corrected chi connectivity index (χ0v) is 14.1. The molecule has 0 spiro atoms. The van der Waals surface area contributed by atoms with Gasteiger partial charge in [-0.2, -0.15) is 5.10 Å². The third kappa shape index (κ3) is 3.56. The number of likely N-dealkylation sites (tertiary alicyclic amines) is 1. The van der Waals surface area contributed by atoms with Gasteiger partial charge in [0.05, 0.1) is 18.7 Å². The molecule has 1 saturated heterocycles. The number of benzene rings is 1. The first-order valence-corrected chi connectivity index (χ1v) is 8.13. The molecule has 0 bridgehead atoms. The SMILES string of the molecule is COCC1(C(=O)O)CCN(C(=O)Cc2ccc(-n3cccn3)cc2)C1. The van der Waals surface area contributed by atoms with Crippen molar-refractivity contribution in [1.29, 1.82) is 0 Å². The zero-order chi connectivity index (χ0) is 17.9. The van der Waals surface area contributed by atoms with Crippen molar-refractivity contribution in [1.82, 2.24) is 14.7 Å². The molecular weight excluding hydrogens is 322 g/mol. The van der Waals surface area contributed by atoms with Crippen LogP contribution in [0.3, 0.4) is 0 Å². The van der Waals surface area contributed by atoms with E-state index in [0.717, 1.165) is 11.3 Å². The van der Waals surface area contributed by atoms with Crippen LogP contribution in [0.1, 0.15) is 12.0 Å². The van der Waals surface area contributed by atoms with E-state index in [9.17, 15) is 14.7 Å². The summed E-state index contributed by atoms with van der Waals surface area (Å²) in [5, 5.41) is 13.6. The highest BCUT2D eigenvalue weighted by atomic mass is 16.5. The lowest BCUT2D eigenvalue weighted by molar-refractivity contribution is -0.151.